The Bertz CT molecular complexity index is 430. The lowest BCUT2D eigenvalue weighted by atomic mass is 10.0. The molecule has 1 aliphatic rings. The molecule has 1 aromatic carbocycles. The van der Waals surface area contributed by atoms with Crippen molar-refractivity contribution in [3.63, 3.8) is 0 Å². The van der Waals surface area contributed by atoms with Gasteiger partial charge in [-0.25, -0.2) is 0 Å². The molecule has 106 valence electrons. The molecule has 0 saturated heterocycles. The third kappa shape index (κ3) is 4.37. The van der Waals surface area contributed by atoms with E-state index in [-0.39, 0.29) is 24.4 Å². The van der Waals surface area contributed by atoms with Gasteiger partial charge in [0.1, 0.15) is 0 Å². The van der Waals surface area contributed by atoms with Crippen LogP contribution in [0.4, 0.5) is 0 Å². The maximum absolute atomic E-state index is 11.9. The average molecular weight is 303 g/mol. The van der Waals surface area contributed by atoms with Gasteiger partial charge in [0, 0.05) is 11.1 Å². The van der Waals surface area contributed by atoms with Crippen LogP contribution in [0.1, 0.15) is 31.7 Å². The minimum Gasteiger partial charge on any atom is -0.351 e. The molecule has 1 atom stereocenters. The fourth-order valence-corrected chi connectivity index (χ4v) is 2.02. The Morgan fingerprint density at radius 2 is 2.00 bits per heavy atom. The number of halogens is 2. The zero-order valence-electron chi connectivity index (χ0n) is 11.0. The molecule has 19 heavy (non-hydrogen) atoms. The molecule has 1 aliphatic carbocycles. The number of nitrogens with two attached hydrogens (primary N) is 1. The molecule has 1 fully saturated rings. The lowest BCUT2D eigenvalue weighted by molar-refractivity contribution is -0.124. The first-order chi connectivity index (χ1) is 8.53. The third-order valence-corrected chi connectivity index (χ3v) is 3.72. The molecule has 1 aromatic rings. The number of hydrogen-bond donors (Lipinski definition) is 2. The summed E-state index contributed by atoms with van der Waals surface area (Å²) in [5, 5.41) is 3.77. The van der Waals surface area contributed by atoms with Crippen molar-refractivity contribution in [1.29, 1.82) is 0 Å². The standard InChI is InChI=1S/C14H19ClN2O.ClH/c1-2-12(17-13(18)14(16)7-8-14)9-10-3-5-11(15)6-4-10;/h3-6,12H,2,7-9,16H2,1H3,(H,17,18);1H. The highest BCUT2D eigenvalue weighted by molar-refractivity contribution is 6.30. The average Bonchev–Trinajstić information content (AvgIpc) is 3.10. The summed E-state index contributed by atoms with van der Waals surface area (Å²) < 4.78 is 0. The Hall–Kier alpha value is -0.770. The first kappa shape index (κ1) is 16.3. The number of hydrogen-bond acceptors (Lipinski definition) is 2. The minimum atomic E-state index is -0.590. The summed E-state index contributed by atoms with van der Waals surface area (Å²) in [5.41, 5.74) is 6.46. The lowest BCUT2D eigenvalue weighted by Gasteiger charge is -2.19. The van der Waals surface area contributed by atoms with E-state index in [9.17, 15) is 4.79 Å². The van der Waals surface area contributed by atoms with Crippen molar-refractivity contribution in [3.8, 4) is 0 Å². The van der Waals surface area contributed by atoms with Crippen molar-refractivity contribution in [2.75, 3.05) is 0 Å². The van der Waals surface area contributed by atoms with Crippen molar-refractivity contribution >= 4 is 29.9 Å². The highest BCUT2D eigenvalue weighted by atomic mass is 35.5. The van der Waals surface area contributed by atoms with Gasteiger partial charge in [0.2, 0.25) is 5.91 Å². The van der Waals surface area contributed by atoms with Gasteiger partial charge in [-0.2, -0.15) is 0 Å². The van der Waals surface area contributed by atoms with Crippen LogP contribution in [-0.4, -0.2) is 17.5 Å². The van der Waals surface area contributed by atoms with Crippen molar-refractivity contribution < 1.29 is 4.79 Å². The van der Waals surface area contributed by atoms with Crippen molar-refractivity contribution in [3.05, 3.63) is 34.9 Å². The van der Waals surface area contributed by atoms with Gasteiger partial charge in [-0.05, 0) is 43.4 Å². The summed E-state index contributed by atoms with van der Waals surface area (Å²) in [6, 6.07) is 7.87. The number of carbonyl (C=O) groups is 1. The number of benzene rings is 1. The van der Waals surface area contributed by atoms with Gasteiger partial charge in [-0.15, -0.1) is 12.4 Å². The Balaban J connectivity index is 0.00000180. The van der Waals surface area contributed by atoms with Gasteiger partial charge in [-0.1, -0.05) is 30.7 Å². The first-order valence-electron chi connectivity index (χ1n) is 6.38. The van der Waals surface area contributed by atoms with Crippen LogP contribution in [0, 0.1) is 0 Å². The van der Waals surface area contributed by atoms with Crippen LogP contribution in [0.2, 0.25) is 5.02 Å². The van der Waals surface area contributed by atoms with Crippen LogP contribution in [0.15, 0.2) is 24.3 Å². The maximum atomic E-state index is 11.9. The molecule has 3 nitrogen and oxygen atoms in total. The summed E-state index contributed by atoms with van der Waals surface area (Å²) in [5.74, 6) is -0.0108. The van der Waals surface area contributed by atoms with E-state index in [1.165, 1.54) is 5.56 Å². The predicted molar refractivity (Wildman–Crippen MR) is 80.8 cm³/mol. The molecule has 0 heterocycles. The van der Waals surface area contributed by atoms with Crippen molar-refractivity contribution in [2.45, 2.75) is 44.2 Å². The number of rotatable bonds is 5. The Morgan fingerprint density at radius 1 is 1.42 bits per heavy atom. The Kier molecular flexibility index (Phi) is 5.65. The van der Waals surface area contributed by atoms with E-state index >= 15 is 0 Å². The molecule has 1 saturated carbocycles. The summed E-state index contributed by atoms with van der Waals surface area (Å²) in [7, 11) is 0. The number of nitrogens with one attached hydrogen (secondary N) is 1. The first-order valence-corrected chi connectivity index (χ1v) is 6.75. The van der Waals surface area contributed by atoms with Gasteiger partial charge in [0.05, 0.1) is 5.54 Å². The van der Waals surface area contributed by atoms with E-state index in [0.717, 1.165) is 30.7 Å². The summed E-state index contributed by atoms with van der Waals surface area (Å²) in [6.45, 7) is 2.07. The normalized spacial score (nSPS) is 17.2. The van der Waals surface area contributed by atoms with Gasteiger partial charge in [-0.3, -0.25) is 4.79 Å². The minimum absolute atomic E-state index is 0. The number of carbonyl (C=O) groups excluding carboxylic acids is 1. The van der Waals surface area contributed by atoms with Crippen LogP contribution in [0.5, 0.6) is 0 Å². The molecule has 0 aromatic heterocycles. The Morgan fingerprint density at radius 3 is 2.47 bits per heavy atom. The molecular weight excluding hydrogens is 283 g/mol. The summed E-state index contributed by atoms with van der Waals surface area (Å²) >= 11 is 5.85. The van der Waals surface area contributed by atoms with Gasteiger partial charge in [0.15, 0.2) is 0 Å². The van der Waals surface area contributed by atoms with E-state index in [2.05, 4.69) is 12.2 Å². The van der Waals surface area contributed by atoms with Crippen LogP contribution >= 0.6 is 24.0 Å². The molecule has 5 heteroatoms. The van der Waals surface area contributed by atoms with Gasteiger partial charge >= 0.3 is 0 Å². The van der Waals surface area contributed by atoms with Crippen LogP contribution in [0.25, 0.3) is 0 Å². The van der Waals surface area contributed by atoms with Crippen LogP contribution in [-0.2, 0) is 11.2 Å². The zero-order valence-corrected chi connectivity index (χ0v) is 12.6. The SMILES string of the molecule is CCC(Cc1ccc(Cl)cc1)NC(=O)C1(N)CC1.Cl. The maximum Gasteiger partial charge on any atom is 0.240 e. The topological polar surface area (TPSA) is 55.1 Å². The van der Waals surface area contributed by atoms with E-state index < -0.39 is 5.54 Å². The molecular formula is C14H20Cl2N2O. The highest BCUT2D eigenvalue weighted by Crippen LogP contribution is 2.32. The smallest absolute Gasteiger partial charge is 0.240 e. The zero-order chi connectivity index (χ0) is 13.2. The summed E-state index contributed by atoms with van der Waals surface area (Å²) in [6.07, 6.45) is 3.31. The van der Waals surface area contributed by atoms with E-state index in [4.69, 9.17) is 17.3 Å². The highest BCUT2D eigenvalue weighted by Gasteiger charge is 2.46. The van der Waals surface area contributed by atoms with Crippen LogP contribution < -0.4 is 11.1 Å². The molecule has 3 N–H and O–H groups in total. The second kappa shape index (κ2) is 6.60. The summed E-state index contributed by atoms with van der Waals surface area (Å²) in [4.78, 5) is 11.9. The molecule has 0 radical (unpaired) electrons. The molecule has 1 unspecified atom stereocenters. The van der Waals surface area contributed by atoms with E-state index in [1.807, 2.05) is 24.3 Å². The predicted octanol–water partition coefficient (Wildman–Crippen LogP) is 2.69. The van der Waals surface area contributed by atoms with Gasteiger partial charge < -0.3 is 11.1 Å². The van der Waals surface area contributed by atoms with E-state index in [1.54, 1.807) is 0 Å². The largest absolute Gasteiger partial charge is 0.351 e. The monoisotopic (exact) mass is 302 g/mol. The van der Waals surface area contributed by atoms with E-state index in [0.29, 0.717) is 0 Å². The van der Waals surface area contributed by atoms with Crippen LogP contribution in [0.3, 0.4) is 0 Å². The second-order valence-corrected chi connectivity index (χ2v) is 5.50. The fourth-order valence-electron chi connectivity index (χ4n) is 1.89. The molecule has 0 aliphatic heterocycles. The number of amides is 1. The van der Waals surface area contributed by atoms with Crippen molar-refractivity contribution in [1.82, 2.24) is 5.32 Å². The lowest BCUT2D eigenvalue weighted by Crippen LogP contribution is -2.47. The second-order valence-electron chi connectivity index (χ2n) is 5.07. The van der Waals surface area contributed by atoms with Gasteiger partial charge in [0.25, 0.3) is 0 Å². The molecule has 2 rings (SSSR count). The molecule has 1 amide bonds. The molecule has 0 spiro atoms. The third-order valence-electron chi connectivity index (χ3n) is 3.46. The quantitative estimate of drug-likeness (QED) is 0.878. The van der Waals surface area contributed by atoms with Crippen molar-refractivity contribution in [2.24, 2.45) is 5.73 Å². The Labute approximate surface area is 125 Å². The molecule has 0 bridgehead atoms. The fraction of sp³-hybridized carbons (Fsp3) is 0.500.